The molecule has 0 bridgehead atoms. The fraction of sp³-hybridized carbons (Fsp3) is 0.111. The summed E-state index contributed by atoms with van der Waals surface area (Å²) < 4.78 is 7.39. The highest BCUT2D eigenvalue weighted by Crippen LogP contribution is 2.20. The molecule has 5 N–H and O–H groups in total. The van der Waals surface area contributed by atoms with Gasteiger partial charge >= 0.3 is 6.03 Å². The summed E-state index contributed by atoms with van der Waals surface area (Å²) >= 11 is 0. The number of rotatable bonds is 5. The van der Waals surface area contributed by atoms with Crippen LogP contribution in [-0.2, 0) is 6.61 Å². The summed E-state index contributed by atoms with van der Waals surface area (Å²) in [5.74, 6) is 11.3. The number of ether oxygens (including phenoxy) is 1. The van der Waals surface area contributed by atoms with Gasteiger partial charge < -0.3 is 4.74 Å². The molecular weight excluding hydrogens is 343 g/mol. The van der Waals surface area contributed by atoms with Crippen LogP contribution in [0.25, 0.3) is 5.69 Å². The van der Waals surface area contributed by atoms with E-state index in [1.165, 1.54) is 0 Å². The van der Waals surface area contributed by atoms with Crippen molar-refractivity contribution >= 4 is 25.0 Å². The van der Waals surface area contributed by atoms with Gasteiger partial charge in [-0.25, -0.2) is 26.2 Å². The first-order valence-electron chi connectivity index (χ1n) is 8.18. The molecule has 0 saturated heterocycles. The molecule has 2 amide bonds. The predicted molar refractivity (Wildman–Crippen MR) is 104 cm³/mol. The molecule has 2 radical (unpaired) electrons. The van der Waals surface area contributed by atoms with Gasteiger partial charge in [-0.05, 0) is 19.1 Å². The fourth-order valence-electron chi connectivity index (χ4n) is 2.60. The monoisotopic (exact) mass is 362 g/mol. The first kappa shape index (κ1) is 18.5. The number of aryl methyl sites for hydroxylation is 1. The number of aromatic nitrogens is 2. The Balaban J connectivity index is 1.75. The third kappa shape index (κ3) is 4.10. The number of nitrogens with one attached hydrogen (secondary N) is 1. The molecule has 0 atom stereocenters. The molecule has 0 aliphatic heterocycles. The lowest BCUT2D eigenvalue weighted by Crippen LogP contribution is -2.48. The van der Waals surface area contributed by atoms with Gasteiger partial charge in [-0.15, -0.1) is 5.10 Å². The van der Waals surface area contributed by atoms with Gasteiger partial charge in [0.05, 0.1) is 11.4 Å². The molecule has 136 valence electrons. The molecule has 2 aromatic carbocycles. The van der Waals surface area contributed by atoms with Crippen molar-refractivity contribution in [1.29, 1.82) is 0 Å². The molecule has 1 aromatic heterocycles. The molecule has 27 heavy (non-hydrogen) atoms. The van der Waals surface area contributed by atoms with Gasteiger partial charge in [0.1, 0.15) is 14.5 Å². The van der Waals surface area contributed by atoms with Gasteiger partial charge in [-0.2, -0.15) is 0 Å². The molecule has 3 rings (SSSR count). The number of anilines is 1. The lowest BCUT2D eigenvalue weighted by molar-refractivity contribution is 0.246. The van der Waals surface area contributed by atoms with Crippen molar-refractivity contribution in [1.82, 2.24) is 15.2 Å². The van der Waals surface area contributed by atoms with E-state index in [0.717, 1.165) is 16.3 Å². The zero-order chi connectivity index (χ0) is 19.4. The van der Waals surface area contributed by atoms with Crippen molar-refractivity contribution in [3.63, 3.8) is 0 Å². The first-order valence-corrected chi connectivity index (χ1v) is 8.18. The van der Waals surface area contributed by atoms with E-state index < -0.39 is 6.03 Å². The SMILES string of the molecule is [B]c1cc(C)ccc1-n1ccc(OCc2ccccc2N(N)C(=O)NN)n1. The van der Waals surface area contributed by atoms with Crippen molar-refractivity contribution in [2.75, 3.05) is 5.01 Å². The number of carbonyl (C=O) groups is 1. The number of para-hydroxylation sites is 1. The Hall–Kier alpha value is -3.30. The smallest absolute Gasteiger partial charge is 0.350 e. The standard InChI is InChI=1S/C18H19BN6O2/c1-12-6-7-16(14(19)10-12)24-9-8-17(23-24)27-11-13-4-2-3-5-15(13)25(21)18(26)22-20/h2-10H,11,20-21H2,1H3,(H,22,26). The molecule has 8 nitrogen and oxygen atoms in total. The third-order valence-corrected chi connectivity index (χ3v) is 3.96. The predicted octanol–water partition coefficient (Wildman–Crippen LogP) is 0.817. The van der Waals surface area contributed by atoms with Gasteiger partial charge in [0.15, 0.2) is 0 Å². The number of nitrogens with two attached hydrogens (primary N) is 2. The molecule has 0 saturated carbocycles. The van der Waals surface area contributed by atoms with Crippen LogP contribution in [0.1, 0.15) is 11.1 Å². The average molecular weight is 362 g/mol. The lowest BCUT2D eigenvalue weighted by Gasteiger charge is -2.19. The minimum Gasteiger partial charge on any atom is -0.472 e. The number of carbonyl (C=O) groups excluding carboxylic acids is 1. The van der Waals surface area contributed by atoms with Crippen molar-refractivity contribution in [3.05, 3.63) is 65.9 Å². The van der Waals surface area contributed by atoms with Crippen LogP contribution in [0.3, 0.4) is 0 Å². The van der Waals surface area contributed by atoms with Gasteiger partial charge in [0.2, 0.25) is 5.88 Å². The summed E-state index contributed by atoms with van der Waals surface area (Å²) in [5.41, 5.74) is 5.63. The topological polar surface area (TPSA) is 111 Å². The number of amides is 2. The summed E-state index contributed by atoms with van der Waals surface area (Å²) in [4.78, 5) is 11.7. The minimum absolute atomic E-state index is 0.169. The Kier molecular flexibility index (Phi) is 5.44. The molecule has 0 spiro atoms. The first-order chi connectivity index (χ1) is 13.0. The average Bonchev–Trinajstić information content (AvgIpc) is 3.14. The normalized spacial score (nSPS) is 10.5. The van der Waals surface area contributed by atoms with Crippen LogP contribution in [0.15, 0.2) is 54.7 Å². The molecule has 3 aromatic rings. The molecule has 0 fully saturated rings. The van der Waals surface area contributed by atoms with Gasteiger partial charge in [-0.3, -0.25) is 5.43 Å². The Morgan fingerprint density at radius 3 is 2.81 bits per heavy atom. The second kappa shape index (κ2) is 7.94. The Morgan fingerprint density at radius 1 is 1.30 bits per heavy atom. The number of hydrogen-bond acceptors (Lipinski definition) is 5. The number of benzene rings is 2. The molecule has 0 aliphatic rings. The van der Waals surface area contributed by atoms with Crippen LogP contribution in [-0.4, -0.2) is 23.7 Å². The second-order valence-corrected chi connectivity index (χ2v) is 5.90. The van der Waals surface area contributed by atoms with Crippen molar-refractivity contribution in [2.45, 2.75) is 13.5 Å². The maximum atomic E-state index is 11.7. The van der Waals surface area contributed by atoms with E-state index in [1.54, 1.807) is 35.1 Å². The van der Waals surface area contributed by atoms with E-state index in [-0.39, 0.29) is 6.61 Å². The number of hydrogen-bond donors (Lipinski definition) is 3. The largest absolute Gasteiger partial charge is 0.472 e. The van der Waals surface area contributed by atoms with E-state index in [2.05, 4.69) is 5.10 Å². The zero-order valence-corrected chi connectivity index (χ0v) is 14.8. The summed E-state index contributed by atoms with van der Waals surface area (Å²) in [6.07, 6.45) is 1.76. The summed E-state index contributed by atoms with van der Waals surface area (Å²) in [6.45, 7) is 2.14. The van der Waals surface area contributed by atoms with Crippen molar-refractivity contribution < 1.29 is 9.53 Å². The molecule has 9 heteroatoms. The van der Waals surface area contributed by atoms with Crippen LogP contribution >= 0.6 is 0 Å². The third-order valence-electron chi connectivity index (χ3n) is 3.96. The summed E-state index contributed by atoms with van der Waals surface area (Å²) in [5, 5.41) is 5.30. The van der Waals surface area contributed by atoms with Crippen molar-refractivity contribution in [2.24, 2.45) is 11.7 Å². The Bertz CT molecular complexity index is 959. The van der Waals surface area contributed by atoms with Gasteiger partial charge in [0.25, 0.3) is 0 Å². The zero-order valence-electron chi connectivity index (χ0n) is 14.8. The van der Waals surface area contributed by atoms with Crippen LogP contribution in [0, 0.1) is 6.92 Å². The highest BCUT2D eigenvalue weighted by molar-refractivity contribution is 6.34. The van der Waals surface area contributed by atoms with Crippen molar-refractivity contribution in [3.8, 4) is 11.6 Å². The summed E-state index contributed by atoms with van der Waals surface area (Å²) in [7, 11) is 6.05. The van der Waals surface area contributed by atoms with E-state index in [4.69, 9.17) is 24.3 Å². The van der Waals surface area contributed by atoms with E-state index >= 15 is 0 Å². The van der Waals surface area contributed by atoms with Crippen LogP contribution < -0.4 is 32.3 Å². The molecule has 0 unspecified atom stereocenters. The number of hydrazine groups is 2. The van der Waals surface area contributed by atoms with Crippen LogP contribution in [0.2, 0.25) is 0 Å². The van der Waals surface area contributed by atoms with E-state index in [9.17, 15) is 4.79 Å². The van der Waals surface area contributed by atoms with Gasteiger partial charge in [0, 0.05) is 17.8 Å². The molecule has 0 aliphatic carbocycles. The Labute approximate surface area is 158 Å². The highest BCUT2D eigenvalue weighted by atomic mass is 16.5. The maximum absolute atomic E-state index is 11.7. The quantitative estimate of drug-likeness (QED) is 0.269. The van der Waals surface area contributed by atoms with Crippen LogP contribution in [0.5, 0.6) is 5.88 Å². The minimum atomic E-state index is -0.637. The van der Waals surface area contributed by atoms with Gasteiger partial charge in [-0.1, -0.05) is 41.4 Å². The highest BCUT2D eigenvalue weighted by Gasteiger charge is 2.14. The summed E-state index contributed by atoms with van der Waals surface area (Å²) in [6, 6.07) is 13.9. The van der Waals surface area contributed by atoms with E-state index in [1.807, 2.05) is 36.6 Å². The van der Waals surface area contributed by atoms with E-state index in [0.29, 0.717) is 22.6 Å². The number of nitrogens with zero attached hydrogens (tertiary/aromatic N) is 3. The molecular formula is C18H19BN6O2. The number of urea groups is 1. The maximum Gasteiger partial charge on any atom is 0.350 e. The Morgan fingerprint density at radius 2 is 2.07 bits per heavy atom. The fourth-order valence-corrected chi connectivity index (χ4v) is 2.60. The molecule has 1 heterocycles. The van der Waals surface area contributed by atoms with Crippen LogP contribution in [0.4, 0.5) is 10.5 Å². The lowest BCUT2D eigenvalue weighted by atomic mass is 9.92. The second-order valence-electron chi connectivity index (χ2n) is 5.90.